The molecule has 1 atom stereocenters. The zero-order valence-electron chi connectivity index (χ0n) is 10.2. The van der Waals surface area contributed by atoms with Crippen molar-refractivity contribution in [2.24, 2.45) is 7.05 Å². The molecule has 18 heavy (non-hydrogen) atoms. The van der Waals surface area contributed by atoms with E-state index in [0.29, 0.717) is 19.4 Å². The Balaban J connectivity index is 2.32. The lowest BCUT2D eigenvalue weighted by Gasteiger charge is -2.21. The second-order valence-corrected chi connectivity index (χ2v) is 6.04. The predicted molar refractivity (Wildman–Crippen MR) is 62.1 cm³/mol. The monoisotopic (exact) mass is 273 g/mol. The van der Waals surface area contributed by atoms with Crippen LogP contribution in [0.5, 0.6) is 0 Å². The van der Waals surface area contributed by atoms with Crippen LogP contribution in [-0.2, 0) is 26.6 Å². The average Bonchev–Trinajstić information content (AvgIpc) is 2.96. The average molecular weight is 273 g/mol. The molecule has 0 radical (unpaired) electrons. The van der Waals surface area contributed by atoms with Crippen molar-refractivity contribution >= 4 is 16.0 Å². The fourth-order valence-corrected chi connectivity index (χ4v) is 3.70. The van der Waals surface area contributed by atoms with E-state index < -0.39 is 22.0 Å². The highest BCUT2D eigenvalue weighted by Crippen LogP contribution is 2.26. The molecule has 1 aliphatic heterocycles. The van der Waals surface area contributed by atoms with Crippen molar-refractivity contribution < 1.29 is 17.9 Å². The Labute approximate surface area is 105 Å². The lowest BCUT2D eigenvalue weighted by Crippen LogP contribution is -2.40. The molecule has 8 heteroatoms. The van der Waals surface area contributed by atoms with E-state index in [1.165, 1.54) is 28.5 Å². The largest absolute Gasteiger partial charge is 0.468 e. The van der Waals surface area contributed by atoms with E-state index in [1.54, 1.807) is 7.05 Å². The van der Waals surface area contributed by atoms with Gasteiger partial charge in [0, 0.05) is 19.8 Å². The summed E-state index contributed by atoms with van der Waals surface area (Å²) in [7, 11) is -0.774. The van der Waals surface area contributed by atoms with E-state index in [0.717, 1.165) is 0 Å². The summed E-state index contributed by atoms with van der Waals surface area (Å²) in [4.78, 5) is 11.7. The highest BCUT2D eigenvalue weighted by atomic mass is 32.2. The van der Waals surface area contributed by atoms with Crippen LogP contribution < -0.4 is 0 Å². The molecule has 0 amide bonds. The number of ether oxygens (including phenoxy) is 1. The lowest BCUT2D eigenvalue weighted by molar-refractivity contribution is -0.144. The summed E-state index contributed by atoms with van der Waals surface area (Å²) < 4.78 is 31.9. The summed E-state index contributed by atoms with van der Waals surface area (Å²) >= 11 is 0. The number of methoxy groups -OCH3 is 1. The third kappa shape index (κ3) is 2.13. The van der Waals surface area contributed by atoms with Crippen LogP contribution in [-0.4, -0.2) is 48.2 Å². The first-order chi connectivity index (χ1) is 8.46. The molecule has 1 fully saturated rings. The minimum atomic E-state index is -3.67. The Morgan fingerprint density at radius 2 is 2.28 bits per heavy atom. The maximum absolute atomic E-state index is 12.3. The fraction of sp³-hybridized carbons (Fsp3) is 0.600. The zero-order valence-corrected chi connectivity index (χ0v) is 11.1. The van der Waals surface area contributed by atoms with Gasteiger partial charge in [-0.1, -0.05) is 0 Å². The van der Waals surface area contributed by atoms with Crippen LogP contribution in [0.2, 0.25) is 0 Å². The number of rotatable bonds is 3. The van der Waals surface area contributed by atoms with Gasteiger partial charge in [-0.3, -0.25) is 9.48 Å². The Kier molecular flexibility index (Phi) is 3.40. The molecule has 1 saturated heterocycles. The number of nitrogens with zero attached hydrogens (tertiary/aromatic N) is 3. The summed E-state index contributed by atoms with van der Waals surface area (Å²) in [5, 5.41) is 3.84. The molecule has 7 nitrogen and oxygen atoms in total. The molecule has 1 aliphatic rings. The maximum atomic E-state index is 12.3. The number of carbonyl (C=O) groups excluding carboxylic acids is 1. The third-order valence-electron chi connectivity index (χ3n) is 2.96. The van der Waals surface area contributed by atoms with Gasteiger partial charge in [-0.2, -0.15) is 9.40 Å². The molecular formula is C10H15N3O4S. The van der Waals surface area contributed by atoms with Gasteiger partial charge >= 0.3 is 5.97 Å². The van der Waals surface area contributed by atoms with Crippen LogP contribution >= 0.6 is 0 Å². The second kappa shape index (κ2) is 4.69. The topological polar surface area (TPSA) is 81.5 Å². The molecule has 0 bridgehead atoms. The van der Waals surface area contributed by atoms with Gasteiger partial charge in [-0.05, 0) is 12.8 Å². The molecule has 0 saturated carbocycles. The second-order valence-electron chi connectivity index (χ2n) is 4.15. The van der Waals surface area contributed by atoms with Gasteiger partial charge in [0.25, 0.3) is 0 Å². The minimum Gasteiger partial charge on any atom is -0.468 e. The van der Waals surface area contributed by atoms with Gasteiger partial charge in [-0.25, -0.2) is 8.42 Å². The highest BCUT2D eigenvalue weighted by Gasteiger charge is 2.40. The van der Waals surface area contributed by atoms with Crippen LogP contribution in [0.1, 0.15) is 12.8 Å². The molecule has 1 unspecified atom stereocenters. The van der Waals surface area contributed by atoms with Crippen LogP contribution in [0.25, 0.3) is 0 Å². The molecule has 0 N–H and O–H groups in total. The van der Waals surface area contributed by atoms with E-state index >= 15 is 0 Å². The van der Waals surface area contributed by atoms with Crippen molar-refractivity contribution in [3.8, 4) is 0 Å². The Bertz CT molecular complexity index is 551. The molecular weight excluding hydrogens is 258 g/mol. The van der Waals surface area contributed by atoms with Crippen LogP contribution in [0.3, 0.4) is 0 Å². The minimum absolute atomic E-state index is 0.0980. The number of hydrogen-bond acceptors (Lipinski definition) is 5. The van der Waals surface area contributed by atoms with E-state index in [-0.39, 0.29) is 4.90 Å². The molecule has 0 aliphatic carbocycles. The fourth-order valence-electron chi connectivity index (χ4n) is 2.07. The van der Waals surface area contributed by atoms with Crippen LogP contribution in [0.15, 0.2) is 17.3 Å². The van der Waals surface area contributed by atoms with E-state index in [2.05, 4.69) is 9.84 Å². The first-order valence-electron chi connectivity index (χ1n) is 5.55. The molecule has 100 valence electrons. The van der Waals surface area contributed by atoms with Gasteiger partial charge in [-0.15, -0.1) is 0 Å². The van der Waals surface area contributed by atoms with Gasteiger partial charge < -0.3 is 4.74 Å². The molecule has 1 aromatic rings. The third-order valence-corrected chi connectivity index (χ3v) is 4.83. The number of sulfonamides is 1. The predicted octanol–water partition coefficient (Wildman–Crippen LogP) is -0.254. The van der Waals surface area contributed by atoms with E-state index in [9.17, 15) is 13.2 Å². The molecule has 0 spiro atoms. The lowest BCUT2D eigenvalue weighted by atomic mass is 10.2. The standard InChI is InChI=1S/C10H15N3O4S/c1-12-7-8(6-11-12)18(15,16)13-5-3-4-9(13)10(14)17-2/h6-7,9H,3-5H2,1-2H3. The summed E-state index contributed by atoms with van der Waals surface area (Å²) in [6.07, 6.45) is 3.84. The van der Waals surface area contributed by atoms with Crippen LogP contribution in [0.4, 0.5) is 0 Å². The summed E-state index contributed by atoms with van der Waals surface area (Å²) in [6.45, 7) is 0.330. The SMILES string of the molecule is COC(=O)C1CCCN1S(=O)(=O)c1cnn(C)c1. The zero-order chi connectivity index (χ0) is 13.3. The summed E-state index contributed by atoms with van der Waals surface area (Å²) in [5.41, 5.74) is 0. The first kappa shape index (κ1) is 13.0. The highest BCUT2D eigenvalue weighted by molar-refractivity contribution is 7.89. The number of carbonyl (C=O) groups is 1. The van der Waals surface area contributed by atoms with Crippen LogP contribution in [0, 0.1) is 0 Å². The summed E-state index contributed by atoms with van der Waals surface area (Å²) in [6, 6.07) is -0.722. The summed E-state index contributed by atoms with van der Waals surface area (Å²) in [5.74, 6) is -0.514. The molecule has 2 heterocycles. The number of aryl methyl sites for hydroxylation is 1. The van der Waals surface area contributed by atoms with Crippen molar-refractivity contribution in [1.29, 1.82) is 0 Å². The number of esters is 1. The molecule has 2 rings (SSSR count). The van der Waals surface area contributed by atoms with Crippen molar-refractivity contribution in [2.75, 3.05) is 13.7 Å². The smallest absolute Gasteiger partial charge is 0.324 e. The van der Waals surface area contributed by atoms with Gasteiger partial charge in [0.2, 0.25) is 10.0 Å². The quantitative estimate of drug-likeness (QED) is 0.709. The first-order valence-corrected chi connectivity index (χ1v) is 6.99. The van der Waals surface area contributed by atoms with Gasteiger partial charge in [0.1, 0.15) is 10.9 Å². The normalized spacial score (nSPS) is 21.1. The molecule has 0 aromatic carbocycles. The van der Waals surface area contributed by atoms with Gasteiger partial charge in [0.15, 0.2) is 0 Å². The molecule has 1 aromatic heterocycles. The van der Waals surface area contributed by atoms with Crippen molar-refractivity contribution in [3.05, 3.63) is 12.4 Å². The maximum Gasteiger partial charge on any atom is 0.324 e. The number of hydrogen-bond donors (Lipinski definition) is 0. The Hall–Kier alpha value is -1.41. The van der Waals surface area contributed by atoms with E-state index in [1.807, 2.05) is 0 Å². The van der Waals surface area contributed by atoms with Gasteiger partial charge in [0.05, 0.1) is 13.3 Å². The van der Waals surface area contributed by atoms with Crippen molar-refractivity contribution in [1.82, 2.24) is 14.1 Å². The van der Waals surface area contributed by atoms with E-state index in [4.69, 9.17) is 0 Å². The Morgan fingerprint density at radius 3 is 2.83 bits per heavy atom. The van der Waals surface area contributed by atoms with Crippen molar-refractivity contribution in [3.63, 3.8) is 0 Å². The van der Waals surface area contributed by atoms with Crippen molar-refractivity contribution in [2.45, 2.75) is 23.8 Å². The Morgan fingerprint density at radius 1 is 1.56 bits per heavy atom. The number of aromatic nitrogens is 2.